The van der Waals surface area contributed by atoms with Crippen LogP contribution in [0.2, 0.25) is 0 Å². The zero-order valence-corrected chi connectivity index (χ0v) is 13.0. The molecule has 1 amide bonds. The first kappa shape index (κ1) is 15.7. The third kappa shape index (κ3) is 3.32. The van der Waals surface area contributed by atoms with Crippen LogP contribution in [0, 0.1) is 11.8 Å². The fraction of sp³-hybridized carbons (Fsp3) is 0.933. The molecule has 20 heavy (non-hydrogen) atoms. The van der Waals surface area contributed by atoms with E-state index in [-0.39, 0.29) is 30.0 Å². The lowest BCUT2D eigenvalue weighted by Gasteiger charge is -2.38. The molecule has 0 aromatic carbocycles. The van der Waals surface area contributed by atoms with Gasteiger partial charge in [0.25, 0.3) is 0 Å². The van der Waals surface area contributed by atoms with Gasteiger partial charge in [0.05, 0.1) is 12.0 Å². The Morgan fingerprint density at radius 3 is 2.70 bits per heavy atom. The highest BCUT2D eigenvalue weighted by Gasteiger charge is 2.42. The van der Waals surface area contributed by atoms with Crippen LogP contribution in [0.15, 0.2) is 0 Å². The van der Waals surface area contributed by atoms with Crippen LogP contribution in [0.5, 0.6) is 0 Å². The SMILES string of the molecule is CC1CCCC(N)C1C(=O)N1CC(O)CC1CN(C)C. The fourth-order valence-electron chi connectivity index (χ4n) is 3.83. The first-order valence-electron chi connectivity index (χ1n) is 7.79. The van der Waals surface area contributed by atoms with E-state index in [0.29, 0.717) is 18.9 Å². The number of nitrogens with zero attached hydrogens (tertiary/aromatic N) is 2. The van der Waals surface area contributed by atoms with Gasteiger partial charge in [0.2, 0.25) is 5.91 Å². The van der Waals surface area contributed by atoms with Gasteiger partial charge in [-0.3, -0.25) is 4.79 Å². The Hall–Kier alpha value is -0.650. The van der Waals surface area contributed by atoms with E-state index < -0.39 is 0 Å². The monoisotopic (exact) mass is 283 g/mol. The standard InChI is InChI=1S/C15H29N3O2/c1-10-5-4-6-13(16)14(10)15(20)18-9-12(19)7-11(18)8-17(2)3/h10-14,19H,4-9,16H2,1-3H3. The molecule has 5 unspecified atom stereocenters. The smallest absolute Gasteiger partial charge is 0.227 e. The van der Waals surface area contributed by atoms with Crippen molar-refractivity contribution in [3.63, 3.8) is 0 Å². The summed E-state index contributed by atoms with van der Waals surface area (Å²) in [6, 6.07) is 0.0952. The zero-order chi connectivity index (χ0) is 14.9. The van der Waals surface area contributed by atoms with Crippen molar-refractivity contribution in [2.24, 2.45) is 17.6 Å². The molecule has 2 rings (SSSR count). The Morgan fingerprint density at radius 1 is 1.40 bits per heavy atom. The number of aliphatic hydroxyl groups is 1. The molecule has 1 saturated heterocycles. The van der Waals surface area contributed by atoms with E-state index in [1.165, 1.54) is 0 Å². The molecule has 0 bridgehead atoms. The second-order valence-electron chi connectivity index (χ2n) is 6.89. The van der Waals surface area contributed by atoms with Crippen LogP contribution in [0.3, 0.4) is 0 Å². The van der Waals surface area contributed by atoms with Crippen LogP contribution < -0.4 is 5.73 Å². The second-order valence-corrected chi connectivity index (χ2v) is 6.89. The first-order valence-corrected chi connectivity index (χ1v) is 7.79. The van der Waals surface area contributed by atoms with Crippen molar-refractivity contribution in [2.45, 2.75) is 50.8 Å². The van der Waals surface area contributed by atoms with Crippen LogP contribution in [-0.4, -0.2) is 66.2 Å². The Labute approximate surface area is 122 Å². The van der Waals surface area contributed by atoms with Gasteiger partial charge in [-0.1, -0.05) is 13.3 Å². The molecule has 1 aliphatic carbocycles. The number of carbonyl (C=O) groups is 1. The molecule has 3 N–H and O–H groups in total. The van der Waals surface area contributed by atoms with Gasteiger partial charge in [-0.15, -0.1) is 0 Å². The number of amides is 1. The average Bonchev–Trinajstić information content (AvgIpc) is 2.68. The molecule has 0 spiro atoms. The second kappa shape index (κ2) is 6.41. The number of aliphatic hydroxyl groups excluding tert-OH is 1. The Kier molecular flexibility index (Phi) is 5.04. The third-order valence-corrected chi connectivity index (χ3v) is 4.81. The fourth-order valence-corrected chi connectivity index (χ4v) is 3.83. The molecule has 2 aliphatic rings. The summed E-state index contributed by atoms with van der Waals surface area (Å²) in [5.74, 6) is 0.441. The molecular weight excluding hydrogens is 254 g/mol. The normalized spacial score (nSPS) is 38.5. The van der Waals surface area contributed by atoms with Gasteiger partial charge in [0.1, 0.15) is 0 Å². The average molecular weight is 283 g/mol. The predicted molar refractivity (Wildman–Crippen MR) is 79.2 cm³/mol. The largest absolute Gasteiger partial charge is 0.391 e. The van der Waals surface area contributed by atoms with Crippen molar-refractivity contribution < 1.29 is 9.90 Å². The van der Waals surface area contributed by atoms with Crippen molar-refractivity contribution in [1.82, 2.24) is 9.80 Å². The summed E-state index contributed by atoms with van der Waals surface area (Å²) >= 11 is 0. The lowest BCUT2D eigenvalue weighted by Crippen LogP contribution is -2.51. The van der Waals surface area contributed by atoms with E-state index in [9.17, 15) is 9.90 Å². The summed E-state index contributed by atoms with van der Waals surface area (Å²) in [4.78, 5) is 16.8. The van der Waals surface area contributed by atoms with E-state index in [4.69, 9.17) is 5.73 Å². The molecule has 0 aromatic rings. The van der Waals surface area contributed by atoms with Crippen LogP contribution in [0.25, 0.3) is 0 Å². The van der Waals surface area contributed by atoms with Gasteiger partial charge in [-0.25, -0.2) is 0 Å². The lowest BCUT2D eigenvalue weighted by molar-refractivity contribution is -0.140. The summed E-state index contributed by atoms with van der Waals surface area (Å²) in [5, 5.41) is 9.92. The van der Waals surface area contributed by atoms with Crippen molar-refractivity contribution in [3.05, 3.63) is 0 Å². The summed E-state index contributed by atoms with van der Waals surface area (Å²) in [7, 11) is 4.00. The molecule has 5 heteroatoms. The summed E-state index contributed by atoms with van der Waals surface area (Å²) in [6.07, 6.45) is 3.43. The first-order chi connectivity index (χ1) is 9.40. The lowest BCUT2D eigenvalue weighted by atomic mass is 9.76. The maximum absolute atomic E-state index is 12.9. The number of nitrogens with two attached hydrogens (primary N) is 1. The molecule has 1 heterocycles. The number of likely N-dealkylation sites (tertiary alicyclic amines) is 1. The Bertz CT molecular complexity index is 338. The van der Waals surface area contributed by atoms with E-state index in [1.54, 1.807) is 0 Å². The molecular formula is C15H29N3O2. The number of β-amino-alcohol motifs (C(OH)–C–C–N with tert-alkyl or cyclic N) is 1. The minimum Gasteiger partial charge on any atom is -0.391 e. The van der Waals surface area contributed by atoms with Crippen molar-refractivity contribution >= 4 is 5.91 Å². The topological polar surface area (TPSA) is 69.8 Å². The molecule has 116 valence electrons. The van der Waals surface area contributed by atoms with Crippen LogP contribution in [-0.2, 0) is 4.79 Å². The highest BCUT2D eigenvalue weighted by Crippen LogP contribution is 2.32. The van der Waals surface area contributed by atoms with Crippen LogP contribution in [0.4, 0.5) is 0 Å². The minimum atomic E-state index is -0.390. The maximum atomic E-state index is 12.9. The zero-order valence-electron chi connectivity index (χ0n) is 13.0. The number of hydrogen-bond donors (Lipinski definition) is 2. The minimum absolute atomic E-state index is 0.0241. The molecule has 0 radical (unpaired) electrons. The van der Waals surface area contributed by atoms with Crippen molar-refractivity contribution in [3.8, 4) is 0 Å². The van der Waals surface area contributed by atoms with E-state index in [0.717, 1.165) is 25.8 Å². The summed E-state index contributed by atoms with van der Waals surface area (Å²) in [5.41, 5.74) is 6.20. The summed E-state index contributed by atoms with van der Waals surface area (Å²) in [6.45, 7) is 3.40. The van der Waals surface area contributed by atoms with Gasteiger partial charge in [0, 0.05) is 25.2 Å². The Balaban J connectivity index is 2.09. The van der Waals surface area contributed by atoms with Crippen molar-refractivity contribution in [1.29, 1.82) is 0 Å². The number of rotatable bonds is 3. The number of likely N-dealkylation sites (N-methyl/N-ethyl adjacent to an activating group) is 1. The third-order valence-electron chi connectivity index (χ3n) is 4.81. The number of hydrogen-bond acceptors (Lipinski definition) is 4. The van der Waals surface area contributed by atoms with Gasteiger partial charge in [-0.05, 0) is 39.3 Å². The Morgan fingerprint density at radius 2 is 2.10 bits per heavy atom. The summed E-state index contributed by atoms with van der Waals surface area (Å²) < 4.78 is 0. The quantitative estimate of drug-likeness (QED) is 0.780. The van der Waals surface area contributed by atoms with Crippen molar-refractivity contribution in [2.75, 3.05) is 27.2 Å². The molecule has 5 atom stereocenters. The van der Waals surface area contributed by atoms with Gasteiger partial charge >= 0.3 is 0 Å². The molecule has 5 nitrogen and oxygen atoms in total. The highest BCUT2D eigenvalue weighted by molar-refractivity contribution is 5.80. The molecule has 1 aliphatic heterocycles. The van der Waals surface area contributed by atoms with E-state index in [2.05, 4.69) is 11.8 Å². The van der Waals surface area contributed by atoms with Crippen LogP contribution in [0.1, 0.15) is 32.6 Å². The predicted octanol–water partition coefficient (Wildman–Crippen LogP) is 0.273. The van der Waals surface area contributed by atoms with E-state index in [1.807, 2.05) is 19.0 Å². The molecule has 0 aromatic heterocycles. The molecule has 2 fully saturated rings. The van der Waals surface area contributed by atoms with Gasteiger partial charge < -0.3 is 20.6 Å². The number of carbonyl (C=O) groups excluding carboxylic acids is 1. The van der Waals surface area contributed by atoms with E-state index >= 15 is 0 Å². The molecule has 1 saturated carbocycles. The highest BCUT2D eigenvalue weighted by atomic mass is 16.3. The van der Waals surface area contributed by atoms with Gasteiger partial charge in [-0.2, -0.15) is 0 Å². The maximum Gasteiger partial charge on any atom is 0.227 e. The van der Waals surface area contributed by atoms with Gasteiger partial charge in [0.15, 0.2) is 0 Å². The van der Waals surface area contributed by atoms with Crippen LogP contribution >= 0.6 is 0 Å².